The molecule has 6 heteroatoms. The lowest BCUT2D eigenvalue weighted by atomic mass is 9.90. The van der Waals surface area contributed by atoms with Crippen LogP contribution in [-0.4, -0.2) is 19.3 Å². The van der Waals surface area contributed by atoms with E-state index in [1.165, 1.54) is 12.1 Å². The second kappa shape index (κ2) is 12.9. The van der Waals surface area contributed by atoms with Crippen molar-refractivity contribution in [3.05, 3.63) is 40.5 Å². The molecule has 0 saturated carbocycles. The Hall–Kier alpha value is -1.43. The summed E-state index contributed by atoms with van der Waals surface area (Å²) in [6.45, 7) is 14.5. The van der Waals surface area contributed by atoms with Gasteiger partial charge in [0.2, 0.25) is 0 Å². The third kappa shape index (κ3) is 9.36. The molecule has 0 aliphatic heterocycles. The molecule has 1 aromatic carbocycles. The molecular formula is C21H34F5N. The maximum atomic E-state index is 14.6. The standard InChI is InChI=1S/C16H23F2N.C3H5F3.C2H6/c1-9(2)14(11(5)19-6)12-7-8-13(17)15(10(3)4)16(12)18;1-2-3(4,5)6;1-2/h7-8,10-11,19H,1-6H3;2H2,1H3;1-2H3. The van der Waals surface area contributed by atoms with Crippen LogP contribution in [0.25, 0.3) is 5.57 Å². The van der Waals surface area contributed by atoms with E-state index >= 15 is 0 Å². The zero-order valence-electron chi connectivity index (χ0n) is 17.9. The molecule has 1 N–H and O–H groups in total. The first kappa shape index (κ1) is 27.8. The number of rotatable bonds is 4. The smallest absolute Gasteiger partial charge is 0.313 e. The minimum absolute atomic E-state index is 0.0185. The molecule has 0 aliphatic rings. The Morgan fingerprint density at radius 1 is 1.04 bits per heavy atom. The van der Waals surface area contributed by atoms with Crippen molar-refractivity contribution in [2.75, 3.05) is 7.05 Å². The molecule has 1 aromatic rings. The first-order valence-corrected chi connectivity index (χ1v) is 9.26. The van der Waals surface area contributed by atoms with Crippen LogP contribution in [0.15, 0.2) is 17.7 Å². The van der Waals surface area contributed by atoms with Gasteiger partial charge in [0.05, 0.1) is 0 Å². The van der Waals surface area contributed by atoms with Crippen LogP contribution < -0.4 is 5.32 Å². The van der Waals surface area contributed by atoms with E-state index in [1.54, 1.807) is 13.8 Å². The van der Waals surface area contributed by atoms with Crippen molar-refractivity contribution in [3.63, 3.8) is 0 Å². The van der Waals surface area contributed by atoms with Crippen molar-refractivity contribution in [1.82, 2.24) is 5.32 Å². The maximum Gasteiger partial charge on any atom is 0.388 e. The minimum atomic E-state index is -3.96. The minimum Gasteiger partial charge on any atom is -0.313 e. The molecule has 0 bridgehead atoms. The Bertz CT molecular complexity index is 585. The predicted octanol–water partition coefficient (Wildman–Crippen LogP) is 7.47. The van der Waals surface area contributed by atoms with Gasteiger partial charge in [-0.15, -0.1) is 0 Å². The van der Waals surface area contributed by atoms with Crippen molar-refractivity contribution >= 4 is 5.57 Å². The Kier molecular flexibility index (Phi) is 13.2. The van der Waals surface area contributed by atoms with Gasteiger partial charge in [-0.1, -0.05) is 40.2 Å². The van der Waals surface area contributed by atoms with Crippen LogP contribution in [0.4, 0.5) is 22.0 Å². The lowest BCUT2D eigenvalue weighted by Gasteiger charge is -2.21. The number of alkyl halides is 3. The summed E-state index contributed by atoms with van der Waals surface area (Å²) in [5.41, 5.74) is 2.58. The van der Waals surface area contributed by atoms with Crippen LogP contribution in [-0.2, 0) is 0 Å². The second-order valence-corrected chi connectivity index (χ2v) is 6.37. The number of nitrogens with one attached hydrogen (secondary N) is 1. The normalized spacial score (nSPS) is 11.8. The van der Waals surface area contributed by atoms with Gasteiger partial charge in [0, 0.05) is 23.6 Å². The third-order valence-corrected chi connectivity index (χ3v) is 3.80. The van der Waals surface area contributed by atoms with Crippen molar-refractivity contribution in [2.45, 2.75) is 79.9 Å². The zero-order chi connectivity index (χ0) is 21.9. The third-order valence-electron chi connectivity index (χ3n) is 3.80. The molecule has 1 atom stereocenters. The van der Waals surface area contributed by atoms with Gasteiger partial charge in [-0.2, -0.15) is 13.2 Å². The van der Waals surface area contributed by atoms with Crippen LogP contribution >= 0.6 is 0 Å². The summed E-state index contributed by atoms with van der Waals surface area (Å²) < 4.78 is 60.7. The summed E-state index contributed by atoms with van der Waals surface area (Å²) >= 11 is 0. The van der Waals surface area contributed by atoms with Gasteiger partial charge >= 0.3 is 6.18 Å². The molecule has 0 aliphatic carbocycles. The molecule has 1 unspecified atom stereocenters. The highest BCUT2D eigenvalue weighted by Crippen LogP contribution is 2.31. The van der Waals surface area contributed by atoms with E-state index in [9.17, 15) is 22.0 Å². The summed E-state index contributed by atoms with van der Waals surface area (Å²) in [5.74, 6) is -1.09. The second-order valence-electron chi connectivity index (χ2n) is 6.37. The summed E-state index contributed by atoms with van der Waals surface area (Å²) in [6, 6.07) is 2.91. The molecule has 0 fully saturated rings. The SMILES string of the molecule is CC.CCC(F)(F)F.CNC(C)C(=C(C)C)c1ccc(F)c(C(C)C)c1F. The molecule has 27 heavy (non-hydrogen) atoms. The first-order valence-electron chi connectivity index (χ1n) is 9.26. The van der Waals surface area contributed by atoms with Gasteiger partial charge in [-0.3, -0.25) is 0 Å². The van der Waals surface area contributed by atoms with Crippen molar-refractivity contribution < 1.29 is 22.0 Å². The predicted molar refractivity (Wildman–Crippen MR) is 105 cm³/mol. The van der Waals surface area contributed by atoms with Gasteiger partial charge in [0.25, 0.3) is 0 Å². The fourth-order valence-corrected chi connectivity index (χ4v) is 2.39. The molecule has 0 saturated heterocycles. The number of halogens is 5. The van der Waals surface area contributed by atoms with Crippen LogP contribution in [0.2, 0.25) is 0 Å². The monoisotopic (exact) mass is 395 g/mol. The number of allylic oxidation sites excluding steroid dienone is 1. The quantitative estimate of drug-likeness (QED) is 0.521. The molecule has 0 amide bonds. The topological polar surface area (TPSA) is 12.0 Å². The molecule has 0 spiro atoms. The first-order chi connectivity index (χ1) is 12.4. The number of hydrogen-bond acceptors (Lipinski definition) is 1. The summed E-state index contributed by atoms with van der Waals surface area (Å²) in [6.07, 6.45) is -4.69. The summed E-state index contributed by atoms with van der Waals surface area (Å²) in [4.78, 5) is 0. The average Bonchev–Trinajstić information content (AvgIpc) is 2.58. The highest BCUT2D eigenvalue weighted by Gasteiger charge is 2.23. The van der Waals surface area contributed by atoms with E-state index < -0.39 is 24.2 Å². The average molecular weight is 396 g/mol. The van der Waals surface area contributed by atoms with Gasteiger partial charge in [0.1, 0.15) is 11.6 Å². The maximum absolute atomic E-state index is 14.6. The van der Waals surface area contributed by atoms with Crippen molar-refractivity contribution in [1.29, 1.82) is 0 Å². The largest absolute Gasteiger partial charge is 0.388 e. The molecular weight excluding hydrogens is 361 g/mol. The van der Waals surface area contributed by atoms with E-state index in [1.807, 2.05) is 41.7 Å². The van der Waals surface area contributed by atoms with E-state index in [0.717, 1.165) is 18.1 Å². The van der Waals surface area contributed by atoms with E-state index in [2.05, 4.69) is 5.32 Å². The van der Waals surface area contributed by atoms with Crippen LogP contribution in [0.5, 0.6) is 0 Å². The van der Waals surface area contributed by atoms with E-state index in [0.29, 0.717) is 5.56 Å². The number of benzene rings is 1. The molecule has 158 valence electrons. The highest BCUT2D eigenvalue weighted by molar-refractivity contribution is 5.72. The van der Waals surface area contributed by atoms with Crippen LogP contribution in [0.1, 0.15) is 78.9 Å². The fourth-order valence-electron chi connectivity index (χ4n) is 2.39. The Morgan fingerprint density at radius 3 is 1.78 bits per heavy atom. The van der Waals surface area contributed by atoms with Gasteiger partial charge in [-0.05, 0) is 51.4 Å². The Morgan fingerprint density at radius 2 is 1.48 bits per heavy atom. The van der Waals surface area contributed by atoms with Crippen LogP contribution in [0, 0.1) is 11.6 Å². The molecule has 1 rings (SSSR count). The number of hydrogen-bond donors (Lipinski definition) is 1. The highest BCUT2D eigenvalue weighted by atomic mass is 19.4. The van der Waals surface area contributed by atoms with Gasteiger partial charge in [0.15, 0.2) is 0 Å². The summed E-state index contributed by atoms with van der Waals surface area (Å²) in [7, 11) is 1.83. The molecule has 0 aromatic heterocycles. The number of likely N-dealkylation sites (N-methyl/N-ethyl adjacent to an activating group) is 1. The molecule has 0 radical (unpaired) electrons. The van der Waals surface area contributed by atoms with Gasteiger partial charge in [-0.25, -0.2) is 8.78 Å². The molecule has 1 nitrogen and oxygen atoms in total. The summed E-state index contributed by atoms with van der Waals surface area (Å²) in [5, 5.41) is 3.12. The van der Waals surface area contributed by atoms with Gasteiger partial charge < -0.3 is 5.32 Å². The fraction of sp³-hybridized carbons (Fsp3) is 0.619. The molecule has 0 heterocycles. The Balaban J connectivity index is 0. The zero-order valence-corrected chi connectivity index (χ0v) is 17.9. The Labute approximate surface area is 161 Å². The lowest BCUT2D eigenvalue weighted by molar-refractivity contribution is -0.130. The van der Waals surface area contributed by atoms with E-state index in [4.69, 9.17) is 0 Å². The van der Waals surface area contributed by atoms with Crippen molar-refractivity contribution in [3.8, 4) is 0 Å². The van der Waals surface area contributed by atoms with E-state index in [-0.39, 0.29) is 17.5 Å². The van der Waals surface area contributed by atoms with Crippen LogP contribution in [0.3, 0.4) is 0 Å². The lowest BCUT2D eigenvalue weighted by Crippen LogP contribution is -2.24. The van der Waals surface area contributed by atoms with Crippen molar-refractivity contribution in [2.24, 2.45) is 0 Å².